The summed E-state index contributed by atoms with van der Waals surface area (Å²) < 4.78 is 0. The number of benzene rings is 8. The van der Waals surface area contributed by atoms with Crippen molar-refractivity contribution in [1.29, 1.82) is 0 Å². The van der Waals surface area contributed by atoms with Gasteiger partial charge in [0.05, 0.1) is 0 Å². The Bertz CT molecular complexity index is 2530. The highest BCUT2D eigenvalue weighted by Gasteiger charge is 2.38. The van der Waals surface area contributed by atoms with Crippen LogP contribution >= 0.6 is 0 Å². The first-order chi connectivity index (χ1) is 26.3. The Morgan fingerprint density at radius 1 is 0.415 bits per heavy atom. The molecule has 0 bridgehead atoms. The van der Waals surface area contributed by atoms with Crippen LogP contribution in [-0.2, 0) is 0 Å². The predicted molar refractivity (Wildman–Crippen MR) is 224 cm³/mol. The molecule has 1 atom stereocenters. The topological polar surface area (TPSA) is 36.8 Å². The fraction of sp³-hybridized carbons (Fsp3) is 0.0204. The van der Waals surface area contributed by atoms with E-state index in [4.69, 9.17) is 9.98 Å². The lowest BCUT2D eigenvalue weighted by Gasteiger charge is -2.28. The van der Waals surface area contributed by atoms with Gasteiger partial charge in [-0.2, -0.15) is 0 Å². The lowest BCUT2D eigenvalue weighted by Crippen LogP contribution is -2.66. The van der Waals surface area contributed by atoms with Crippen LogP contribution in [0, 0.1) is 11.5 Å². The number of fused-ring (bicyclic) bond motifs is 2. The maximum atomic E-state index is 5.32. The lowest BCUT2D eigenvalue weighted by molar-refractivity contribution is 0.756. The van der Waals surface area contributed by atoms with Crippen LogP contribution in [0.2, 0.25) is 0 Å². The number of hydrogen-bond donors (Lipinski definition) is 1. The SMILES string of the molecule is C(#C[Si](c1ccccc1)(c1ccccc1)c1ccccc1)c1c2ccccc2c(C2=NC(c3ccccc3)N=C(c3ccccc3)N2)c2ccccc12. The van der Waals surface area contributed by atoms with E-state index >= 15 is 0 Å². The zero-order chi connectivity index (χ0) is 35.5. The van der Waals surface area contributed by atoms with Crippen LogP contribution in [-0.4, -0.2) is 19.7 Å². The van der Waals surface area contributed by atoms with Gasteiger partial charge in [0.1, 0.15) is 11.7 Å². The highest BCUT2D eigenvalue weighted by molar-refractivity contribution is 7.16. The van der Waals surface area contributed by atoms with E-state index < -0.39 is 14.2 Å². The minimum atomic E-state index is -2.83. The third-order valence-corrected chi connectivity index (χ3v) is 14.1. The molecule has 53 heavy (non-hydrogen) atoms. The van der Waals surface area contributed by atoms with Crippen molar-refractivity contribution in [1.82, 2.24) is 5.32 Å². The third-order valence-electron chi connectivity index (χ3n) is 10.0. The van der Waals surface area contributed by atoms with Crippen LogP contribution in [0.3, 0.4) is 0 Å². The van der Waals surface area contributed by atoms with Gasteiger partial charge in [0.15, 0.2) is 6.17 Å². The first kappa shape index (κ1) is 32.1. The number of nitrogens with zero attached hydrogens (tertiary/aromatic N) is 2. The Hall–Kier alpha value is -6.80. The second-order valence-electron chi connectivity index (χ2n) is 13.2. The largest absolute Gasteiger partial charge is 0.324 e. The van der Waals surface area contributed by atoms with Gasteiger partial charge >= 0.3 is 0 Å². The van der Waals surface area contributed by atoms with Crippen molar-refractivity contribution < 1.29 is 0 Å². The van der Waals surface area contributed by atoms with Crippen LogP contribution in [0.15, 0.2) is 210 Å². The highest BCUT2D eigenvalue weighted by atomic mass is 28.3. The van der Waals surface area contributed by atoms with E-state index in [2.05, 4.69) is 181 Å². The number of rotatable bonds is 6. The second-order valence-corrected chi connectivity index (χ2v) is 16.7. The summed E-state index contributed by atoms with van der Waals surface area (Å²) in [5.41, 5.74) is 8.19. The molecule has 0 saturated heterocycles. The molecule has 4 heteroatoms. The summed E-state index contributed by atoms with van der Waals surface area (Å²) in [4.78, 5) is 10.4. The van der Waals surface area contributed by atoms with Crippen LogP contribution in [0.1, 0.15) is 28.4 Å². The molecule has 0 aromatic heterocycles. The summed E-state index contributed by atoms with van der Waals surface area (Å²) in [6, 6.07) is 70.5. The molecule has 1 aliphatic rings. The molecule has 9 rings (SSSR count). The van der Waals surface area contributed by atoms with Gasteiger partial charge in [-0.1, -0.05) is 206 Å². The first-order valence-electron chi connectivity index (χ1n) is 18.0. The second kappa shape index (κ2) is 14.1. The fourth-order valence-electron chi connectivity index (χ4n) is 7.55. The molecule has 0 spiro atoms. The van der Waals surface area contributed by atoms with Crippen molar-refractivity contribution in [2.45, 2.75) is 6.17 Å². The Morgan fingerprint density at radius 3 is 1.30 bits per heavy atom. The van der Waals surface area contributed by atoms with Crippen molar-refractivity contribution in [3.63, 3.8) is 0 Å². The maximum Gasteiger partial charge on any atom is 0.230 e. The smallest absolute Gasteiger partial charge is 0.230 e. The number of hydrogen-bond acceptors (Lipinski definition) is 3. The third kappa shape index (κ3) is 5.94. The summed E-state index contributed by atoms with van der Waals surface area (Å²) in [6.07, 6.45) is -0.395. The van der Waals surface area contributed by atoms with Crippen LogP contribution in [0.4, 0.5) is 0 Å². The summed E-state index contributed by atoms with van der Waals surface area (Å²) in [6.45, 7) is 0. The average molecular weight is 694 g/mol. The van der Waals surface area contributed by atoms with Gasteiger partial charge in [-0.05, 0) is 42.7 Å². The van der Waals surface area contributed by atoms with Gasteiger partial charge in [0.2, 0.25) is 8.07 Å². The Kier molecular flexibility index (Phi) is 8.53. The Balaban J connectivity index is 1.30. The molecule has 1 unspecified atom stereocenters. The normalized spacial score (nSPS) is 14.1. The van der Waals surface area contributed by atoms with Gasteiger partial charge in [-0.15, -0.1) is 5.54 Å². The summed E-state index contributed by atoms with van der Waals surface area (Å²) in [5, 5.41) is 11.8. The Labute approximate surface area is 311 Å². The van der Waals surface area contributed by atoms with E-state index in [1.54, 1.807) is 0 Å². The van der Waals surface area contributed by atoms with Gasteiger partial charge in [0, 0.05) is 16.7 Å². The molecule has 0 fully saturated rings. The first-order valence-corrected chi connectivity index (χ1v) is 20.0. The van der Waals surface area contributed by atoms with Crippen molar-refractivity contribution in [2.75, 3.05) is 0 Å². The maximum absolute atomic E-state index is 5.32. The molecule has 8 aromatic rings. The van der Waals surface area contributed by atoms with E-state index in [1.165, 1.54) is 15.6 Å². The van der Waals surface area contributed by atoms with Gasteiger partial charge in [-0.3, -0.25) is 0 Å². The van der Waals surface area contributed by atoms with Crippen LogP contribution in [0.5, 0.6) is 0 Å². The summed E-state index contributed by atoms with van der Waals surface area (Å²) >= 11 is 0. The monoisotopic (exact) mass is 693 g/mol. The minimum Gasteiger partial charge on any atom is -0.324 e. The van der Waals surface area contributed by atoms with Crippen molar-refractivity contribution in [2.24, 2.45) is 9.98 Å². The number of amidine groups is 2. The zero-order valence-corrected chi connectivity index (χ0v) is 30.0. The van der Waals surface area contributed by atoms with E-state index in [0.29, 0.717) is 0 Å². The molecule has 1 N–H and O–H groups in total. The zero-order valence-electron chi connectivity index (χ0n) is 29.0. The molecule has 250 valence electrons. The van der Waals surface area contributed by atoms with Gasteiger partial charge in [0.25, 0.3) is 0 Å². The van der Waals surface area contributed by atoms with Gasteiger partial charge in [-0.25, -0.2) is 9.98 Å². The lowest BCUT2D eigenvalue weighted by atomic mass is 9.91. The van der Waals surface area contributed by atoms with Crippen molar-refractivity contribution >= 4 is 56.9 Å². The van der Waals surface area contributed by atoms with Crippen molar-refractivity contribution in [3.8, 4) is 11.5 Å². The molecule has 0 saturated carbocycles. The quantitative estimate of drug-likeness (QED) is 0.0806. The number of nitrogens with one attached hydrogen (secondary N) is 1. The van der Waals surface area contributed by atoms with E-state index in [1.807, 2.05) is 36.4 Å². The summed E-state index contributed by atoms with van der Waals surface area (Å²) in [5.74, 6) is 5.48. The average Bonchev–Trinajstić information content (AvgIpc) is 3.25. The van der Waals surface area contributed by atoms with E-state index in [-0.39, 0.29) is 0 Å². The molecule has 1 heterocycles. The molecular weight excluding hydrogens is 659 g/mol. The molecular formula is C49H35N3Si. The number of aliphatic imine (C=N–C) groups is 2. The minimum absolute atomic E-state index is 0.395. The molecule has 8 aromatic carbocycles. The molecule has 0 radical (unpaired) electrons. The highest BCUT2D eigenvalue weighted by Crippen LogP contribution is 2.35. The van der Waals surface area contributed by atoms with Crippen LogP contribution in [0.25, 0.3) is 21.5 Å². The van der Waals surface area contributed by atoms with E-state index in [0.717, 1.165) is 55.5 Å². The van der Waals surface area contributed by atoms with Crippen LogP contribution < -0.4 is 20.9 Å². The van der Waals surface area contributed by atoms with E-state index in [9.17, 15) is 0 Å². The van der Waals surface area contributed by atoms with Gasteiger partial charge < -0.3 is 5.32 Å². The molecule has 0 amide bonds. The summed E-state index contributed by atoms with van der Waals surface area (Å²) in [7, 11) is -2.83. The fourth-order valence-corrected chi connectivity index (χ4v) is 11.4. The molecule has 3 nitrogen and oxygen atoms in total. The Morgan fingerprint density at radius 2 is 0.811 bits per heavy atom. The standard InChI is InChI=1S/C49H35N3Si/c1-6-20-36(21-7-1)47-50-48(37-22-8-2-9-23-37)52-49(51-47)46-44-32-18-16-30-41(44)43(42-31-17-19-33-45(42)46)34-35-53(38-24-10-3-11-25-38,39-26-12-4-13-27-39)40-28-14-5-15-29-40/h1-33,47H,(H,50,51,52). The predicted octanol–water partition coefficient (Wildman–Crippen LogP) is 8.55. The van der Waals surface area contributed by atoms with Crippen molar-refractivity contribution in [3.05, 3.63) is 222 Å². The molecule has 1 aliphatic heterocycles. The molecule has 0 aliphatic carbocycles.